The molecule has 0 saturated carbocycles. The lowest BCUT2D eigenvalue weighted by atomic mass is 10.1. The van der Waals surface area contributed by atoms with Crippen molar-refractivity contribution in [3.8, 4) is 28.7 Å². The minimum Gasteiger partial charge on any atom is -0.344 e. The number of nitrogens with zero attached hydrogens (tertiary/aromatic N) is 3. The lowest BCUT2D eigenvalue weighted by molar-refractivity contribution is 0.628. The number of halogens is 2. The van der Waals surface area contributed by atoms with Crippen molar-refractivity contribution in [2.24, 2.45) is 0 Å². The number of benzene rings is 1. The van der Waals surface area contributed by atoms with Crippen LogP contribution in [0.2, 0.25) is 5.02 Å². The summed E-state index contributed by atoms with van der Waals surface area (Å²) in [5.41, 5.74) is 2.80. The van der Waals surface area contributed by atoms with Crippen molar-refractivity contribution < 1.29 is 4.39 Å². The van der Waals surface area contributed by atoms with Crippen LogP contribution >= 0.6 is 11.6 Å². The van der Waals surface area contributed by atoms with Gasteiger partial charge in [-0.2, -0.15) is 5.26 Å². The Bertz CT molecular complexity index is 851. The largest absolute Gasteiger partial charge is 0.344 e. The Morgan fingerprint density at radius 3 is 2.81 bits per heavy atom. The Hall–Kier alpha value is -2.71. The molecule has 0 aliphatic rings. The molecule has 3 rings (SSSR count). The fraction of sp³-hybridized carbons (Fsp3) is 0. The second kappa shape index (κ2) is 5.35. The van der Waals surface area contributed by atoms with Crippen molar-refractivity contribution in [1.29, 1.82) is 5.26 Å². The Morgan fingerprint density at radius 2 is 2.05 bits per heavy atom. The molecular weight excluding hydrogens is 291 g/mol. The van der Waals surface area contributed by atoms with E-state index in [1.807, 2.05) is 6.07 Å². The number of nitrogens with one attached hydrogen (secondary N) is 1. The van der Waals surface area contributed by atoms with Gasteiger partial charge in [-0.15, -0.1) is 0 Å². The molecule has 0 bridgehead atoms. The highest BCUT2D eigenvalue weighted by Gasteiger charge is 2.13. The van der Waals surface area contributed by atoms with E-state index in [1.165, 1.54) is 24.7 Å². The van der Waals surface area contributed by atoms with E-state index in [0.29, 0.717) is 28.2 Å². The minimum atomic E-state index is -0.506. The van der Waals surface area contributed by atoms with Gasteiger partial charge in [0, 0.05) is 11.8 Å². The number of aromatic amines is 1. The number of imidazole rings is 1. The van der Waals surface area contributed by atoms with Gasteiger partial charge in [-0.05, 0) is 24.3 Å². The molecular formula is C15H8ClFN4. The smallest absolute Gasteiger partial charge is 0.142 e. The average molecular weight is 299 g/mol. The molecule has 0 radical (unpaired) electrons. The summed E-state index contributed by atoms with van der Waals surface area (Å²) >= 11 is 5.69. The number of hydrogen-bond donors (Lipinski definition) is 1. The quantitative estimate of drug-likeness (QED) is 0.782. The first-order valence-electron chi connectivity index (χ1n) is 6.04. The first-order chi connectivity index (χ1) is 10.2. The molecule has 4 nitrogen and oxygen atoms in total. The predicted molar refractivity (Wildman–Crippen MR) is 76.9 cm³/mol. The highest BCUT2D eigenvalue weighted by atomic mass is 35.5. The maximum absolute atomic E-state index is 13.6. The molecule has 1 N–H and O–H groups in total. The fourth-order valence-corrected chi connectivity index (χ4v) is 2.11. The summed E-state index contributed by atoms with van der Waals surface area (Å²) in [6.07, 6.45) is 3.03. The molecule has 0 aliphatic carbocycles. The SMILES string of the molecule is N#Cc1ccnc(-c2nc[nH]c2-c2ccc(Cl)c(F)c2)c1. The Kier molecular flexibility index (Phi) is 3.38. The van der Waals surface area contributed by atoms with Crippen molar-refractivity contribution in [3.63, 3.8) is 0 Å². The Morgan fingerprint density at radius 1 is 1.19 bits per heavy atom. The van der Waals surface area contributed by atoms with Gasteiger partial charge in [-0.1, -0.05) is 17.7 Å². The topological polar surface area (TPSA) is 65.4 Å². The van der Waals surface area contributed by atoms with E-state index in [9.17, 15) is 4.39 Å². The molecule has 2 heterocycles. The molecule has 6 heteroatoms. The van der Waals surface area contributed by atoms with Crippen LogP contribution in [0.3, 0.4) is 0 Å². The Balaban J connectivity index is 2.12. The van der Waals surface area contributed by atoms with Crippen LogP contribution in [0.5, 0.6) is 0 Å². The zero-order chi connectivity index (χ0) is 14.8. The van der Waals surface area contributed by atoms with E-state index in [4.69, 9.17) is 16.9 Å². The Labute approximate surface area is 124 Å². The zero-order valence-corrected chi connectivity index (χ0v) is 11.4. The van der Waals surface area contributed by atoms with Crippen LogP contribution in [0.25, 0.3) is 22.6 Å². The first kappa shape index (κ1) is 13.3. The summed E-state index contributed by atoms with van der Waals surface area (Å²) in [4.78, 5) is 11.4. The number of hydrogen-bond acceptors (Lipinski definition) is 3. The van der Waals surface area contributed by atoms with Gasteiger partial charge in [0.25, 0.3) is 0 Å². The van der Waals surface area contributed by atoms with Crippen LogP contribution in [0.4, 0.5) is 4.39 Å². The monoisotopic (exact) mass is 298 g/mol. The summed E-state index contributed by atoms with van der Waals surface area (Å²) in [6.45, 7) is 0. The molecule has 0 saturated heterocycles. The van der Waals surface area contributed by atoms with Crippen LogP contribution < -0.4 is 0 Å². The van der Waals surface area contributed by atoms with Crippen LogP contribution in [0, 0.1) is 17.1 Å². The predicted octanol–water partition coefficient (Wildman–Crippen LogP) is 3.80. The van der Waals surface area contributed by atoms with Crippen molar-refractivity contribution in [3.05, 3.63) is 59.3 Å². The highest BCUT2D eigenvalue weighted by molar-refractivity contribution is 6.30. The fourth-order valence-electron chi connectivity index (χ4n) is 1.99. The summed E-state index contributed by atoms with van der Waals surface area (Å²) < 4.78 is 13.6. The summed E-state index contributed by atoms with van der Waals surface area (Å²) in [7, 11) is 0. The van der Waals surface area contributed by atoms with Gasteiger partial charge in [-0.3, -0.25) is 4.98 Å². The second-order valence-corrected chi connectivity index (χ2v) is 4.70. The van der Waals surface area contributed by atoms with Gasteiger partial charge in [-0.25, -0.2) is 9.37 Å². The molecule has 2 aromatic heterocycles. The molecule has 0 unspecified atom stereocenters. The molecule has 0 aliphatic heterocycles. The van der Waals surface area contributed by atoms with Crippen LogP contribution in [0.15, 0.2) is 42.9 Å². The third-order valence-corrected chi connectivity index (χ3v) is 3.29. The van der Waals surface area contributed by atoms with E-state index in [-0.39, 0.29) is 5.02 Å². The van der Waals surface area contributed by atoms with Gasteiger partial charge in [0.05, 0.1) is 34.4 Å². The average Bonchev–Trinajstić information content (AvgIpc) is 2.99. The van der Waals surface area contributed by atoms with Gasteiger partial charge < -0.3 is 4.98 Å². The molecule has 1 aromatic carbocycles. The zero-order valence-electron chi connectivity index (χ0n) is 10.6. The molecule has 102 valence electrons. The standard InChI is InChI=1S/C15H8ClFN4/c16-11-2-1-10(6-12(11)17)14-15(21-8-20-14)13-5-9(7-18)3-4-19-13/h1-6,8H,(H,20,21). The number of aromatic nitrogens is 3. The van der Waals surface area contributed by atoms with E-state index in [0.717, 1.165) is 0 Å². The van der Waals surface area contributed by atoms with E-state index in [2.05, 4.69) is 15.0 Å². The third-order valence-electron chi connectivity index (χ3n) is 2.98. The van der Waals surface area contributed by atoms with Gasteiger partial charge in [0.15, 0.2) is 0 Å². The molecule has 0 spiro atoms. The molecule has 21 heavy (non-hydrogen) atoms. The van der Waals surface area contributed by atoms with Gasteiger partial charge in [0.2, 0.25) is 0 Å². The molecule has 0 atom stereocenters. The van der Waals surface area contributed by atoms with E-state index in [1.54, 1.807) is 18.2 Å². The van der Waals surface area contributed by atoms with Crippen molar-refractivity contribution in [2.75, 3.05) is 0 Å². The van der Waals surface area contributed by atoms with Gasteiger partial charge in [0.1, 0.15) is 11.5 Å². The summed E-state index contributed by atoms with van der Waals surface area (Å²) in [5, 5.41) is 9.00. The lowest BCUT2D eigenvalue weighted by Gasteiger charge is -2.04. The maximum atomic E-state index is 13.6. The maximum Gasteiger partial charge on any atom is 0.142 e. The lowest BCUT2D eigenvalue weighted by Crippen LogP contribution is -1.89. The minimum absolute atomic E-state index is 0.0596. The first-order valence-corrected chi connectivity index (χ1v) is 6.42. The number of pyridine rings is 1. The van der Waals surface area contributed by atoms with Crippen LogP contribution in [-0.4, -0.2) is 15.0 Å². The van der Waals surface area contributed by atoms with Crippen LogP contribution in [0.1, 0.15) is 5.56 Å². The number of nitriles is 1. The molecule has 0 fully saturated rings. The summed E-state index contributed by atoms with van der Waals surface area (Å²) in [5.74, 6) is -0.506. The van der Waals surface area contributed by atoms with Gasteiger partial charge >= 0.3 is 0 Å². The van der Waals surface area contributed by atoms with Crippen molar-refractivity contribution in [2.45, 2.75) is 0 Å². The third kappa shape index (κ3) is 2.49. The normalized spacial score (nSPS) is 10.3. The second-order valence-electron chi connectivity index (χ2n) is 4.30. The molecule has 0 amide bonds. The summed E-state index contributed by atoms with van der Waals surface area (Å²) in [6, 6.07) is 9.79. The van der Waals surface area contributed by atoms with Crippen LogP contribution in [-0.2, 0) is 0 Å². The van der Waals surface area contributed by atoms with E-state index >= 15 is 0 Å². The van der Waals surface area contributed by atoms with Crippen molar-refractivity contribution >= 4 is 11.6 Å². The number of H-pyrrole nitrogens is 1. The number of rotatable bonds is 2. The van der Waals surface area contributed by atoms with Crippen molar-refractivity contribution in [1.82, 2.24) is 15.0 Å². The molecule has 3 aromatic rings. The highest BCUT2D eigenvalue weighted by Crippen LogP contribution is 2.30. The van der Waals surface area contributed by atoms with E-state index < -0.39 is 5.82 Å².